The SMILES string of the molecule is [2H][13C]([2H])([2H])Oc1cc2ccc(=O)oc2cc1O. The normalized spacial score (nSPS) is 14.4. The summed E-state index contributed by atoms with van der Waals surface area (Å²) in [5.41, 5.74) is -0.394. The summed E-state index contributed by atoms with van der Waals surface area (Å²) < 4.78 is 30.2. The lowest BCUT2D eigenvalue weighted by Crippen LogP contribution is -1.94. The van der Waals surface area contributed by atoms with Gasteiger partial charge in [0.15, 0.2) is 11.5 Å². The highest BCUT2D eigenvalue weighted by Gasteiger charge is 2.05. The minimum atomic E-state index is -2.65. The number of fused-ring (bicyclic) bond motifs is 1. The molecule has 1 N–H and O–H groups in total. The van der Waals surface area contributed by atoms with E-state index >= 15 is 0 Å². The van der Waals surface area contributed by atoms with E-state index in [4.69, 9.17) is 8.53 Å². The fourth-order valence-electron chi connectivity index (χ4n) is 1.17. The Balaban J connectivity index is 2.56. The summed E-state index contributed by atoms with van der Waals surface area (Å²) in [7, 11) is -2.65. The first-order valence-corrected chi connectivity index (χ1v) is 3.81. The number of phenols is 1. The first-order valence-electron chi connectivity index (χ1n) is 5.31. The zero-order chi connectivity index (χ0) is 12.6. The molecular weight excluding hydrogens is 185 g/mol. The van der Waals surface area contributed by atoms with E-state index < -0.39 is 18.4 Å². The Bertz CT molecular complexity index is 615. The van der Waals surface area contributed by atoms with Crippen LogP contribution < -0.4 is 10.4 Å². The zero-order valence-corrected chi connectivity index (χ0v) is 6.98. The zero-order valence-electron chi connectivity index (χ0n) is 9.98. The second-order valence-corrected chi connectivity index (χ2v) is 2.71. The van der Waals surface area contributed by atoms with Crippen LogP contribution in [0, 0.1) is 0 Å². The van der Waals surface area contributed by atoms with Crippen LogP contribution in [-0.4, -0.2) is 12.1 Å². The van der Waals surface area contributed by atoms with Gasteiger partial charge in [0.2, 0.25) is 0 Å². The second-order valence-electron chi connectivity index (χ2n) is 2.71. The van der Waals surface area contributed by atoms with Gasteiger partial charge in [0.1, 0.15) is 5.58 Å². The number of aromatic hydroxyl groups is 1. The summed E-state index contributed by atoms with van der Waals surface area (Å²) in [6.45, 7) is 0. The standard InChI is InChI=1S/C10H8O4/c1-13-9-4-6-2-3-10(12)14-8(6)5-7(9)11/h2-5,11H,1H3/i1+1D3. The first-order chi connectivity index (χ1) is 7.85. The van der Waals surface area contributed by atoms with E-state index in [1.54, 1.807) is 0 Å². The summed E-state index contributed by atoms with van der Waals surface area (Å²) in [4.78, 5) is 10.9. The highest BCUT2D eigenvalue weighted by molar-refractivity contribution is 5.80. The average molecular weight is 196 g/mol. The summed E-state index contributed by atoms with van der Waals surface area (Å²) in [6, 6.07) is 5.07. The predicted octanol–water partition coefficient (Wildman–Crippen LogP) is 1.51. The molecule has 0 saturated heterocycles. The molecule has 1 aromatic heterocycles. The summed E-state index contributed by atoms with van der Waals surface area (Å²) in [5, 5.41) is 9.99. The molecule has 4 nitrogen and oxygen atoms in total. The maximum absolute atomic E-state index is 10.9. The number of hydrogen-bond donors (Lipinski definition) is 1. The van der Waals surface area contributed by atoms with Crippen LogP contribution in [0.15, 0.2) is 33.5 Å². The van der Waals surface area contributed by atoms with E-state index in [-0.39, 0.29) is 11.3 Å². The Hall–Kier alpha value is -1.97. The monoisotopic (exact) mass is 196 g/mol. The van der Waals surface area contributed by atoms with E-state index in [0.29, 0.717) is 5.39 Å². The van der Waals surface area contributed by atoms with Crippen molar-refractivity contribution in [3.8, 4) is 11.5 Å². The van der Waals surface area contributed by atoms with E-state index in [2.05, 4.69) is 4.74 Å². The van der Waals surface area contributed by atoms with Crippen molar-refractivity contribution in [2.24, 2.45) is 0 Å². The number of rotatable bonds is 1. The quantitative estimate of drug-likeness (QED) is 0.554. The molecule has 4 heteroatoms. The highest BCUT2D eigenvalue weighted by atomic mass is 16.5. The lowest BCUT2D eigenvalue weighted by molar-refractivity contribution is 0.373. The molecule has 1 aromatic carbocycles. The molecule has 0 bridgehead atoms. The molecule has 0 aliphatic rings. The number of ether oxygens (including phenoxy) is 1. The Labute approximate surface area is 83.6 Å². The van der Waals surface area contributed by atoms with Crippen LogP contribution in [0.4, 0.5) is 0 Å². The molecule has 0 radical (unpaired) electrons. The Kier molecular flexibility index (Phi) is 1.25. The summed E-state index contributed by atoms with van der Waals surface area (Å²) >= 11 is 0. The molecule has 2 rings (SSSR count). The van der Waals surface area contributed by atoms with E-state index in [0.717, 1.165) is 6.07 Å². The molecule has 0 fully saturated rings. The molecule has 1 heterocycles. The van der Waals surface area contributed by atoms with Gasteiger partial charge >= 0.3 is 5.63 Å². The molecule has 72 valence electrons. The van der Waals surface area contributed by atoms with Crippen molar-refractivity contribution in [2.75, 3.05) is 7.04 Å². The van der Waals surface area contributed by atoms with Crippen LogP contribution in [0.25, 0.3) is 11.0 Å². The minimum absolute atomic E-state index is 0.160. The van der Waals surface area contributed by atoms with Crippen molar-refractivity contribution in [2.45, 2.75) is 0 Å². The Morgan fingerprint density at radius 2 is 2.36 bits per heavy atom. The molecular formula is C10H8O4. The van der Waals surface area contributed by atoms with Gasteiger partial charge < -0.3 is 14.3 Å². The molecule has 2 aromatic rings. The van der Waals surface area contributed by atoms with Gasteiger partial charge in [-0.15, -0.1) is 0 Å². The largest absolute Gasteiger partial charge is 0.504 e. The highest BCUT2D eigenvalue weighted by Crippen LogP contribution is 2.30. The fraction of sp³-hybridized carbons (Fsp3) is 0.100. The third kappa shape index (κ3) is 1.31. The van der Waals surface area contributed by atoms with Gasteiger partial charge in [0.05, 0.1) is 11.2 Å². The molecule has 0 spiro atoms. The minimum Gasteiger partial charge on any atom is -0.504 e. The molecule has 14 heavy (non-hydrogen) atoms. The van der Waals surface area contributed by atoms with E-state index in [1.165, 1.54) is 18.2 Å². The van der Waals surface area contributed by atoms with E-state index in [9.17, 15) is 9.90 Å². The topological polar surface area (TPSA) is 59.7 Å². The number of methoxy groups -OCH3 is 1. The van der Waals surface area contributed by atoms with Gasteiger partial charge in [0.25, 0.3) is 0 Å². The molecule has 0 aliphatic heterocycles. The third-order valence-electron chi connectivity index (χ3n) is 1.81. The van der Waals surface area contributed by atoms with Gasteiger partial charge in [-0.2, -0.15) is 0 Å². The van der Waals surface area contributed by atoms with Crippen LogP contribution in [0.3, 0.4) is 0 Å². The molecule has 0 amide bonds. The Morgan fingerprint density at radius 3 is 3.14 bits per heavy atom. The van der Waals surface area contributed by atoms with Crippen molar-refractivity contribution in [3.05, 3.63) is 34.7 Å². The number of hydrogen-bond acceptors (Lipinski definition) is 4. The van der Waals surface area contributed by atoms with Crippen LogP contribution in [0.5, 0.6) is 11.5 Å². The van der Waals surface area contributed by atoms with Crippen LogP contribution in [-0.2, 0) is 0 Å². The smallest absolute Gasteiger partial charge is 0.336 e. The van der Waals surface area contributed by atoms with Gasteiger partial charge in [-0.3, -0.25) is 0 Å². The molecule has 0 atom stereocenters. The maximum Gasteiger partial charge on any atom is 0.336 e. The van der Waals surface area contributed by atoms with Crippen molar-refractivity contribution < 1.29 is 18.4 Å². The molecule has 0 unspecified atom stereocenters. The second kappa shape index (κ2) is 3.06. The predicted molar refractivity (Wildman–Crippen MR) is 50.7 cm³/mol. The van der Waals surface area contributed by atoms with Crippen molar-refractivity contribution in [1.29, 1.82) is 0 Å². The maximum atomic E-state index is 10.9. The summed E-state index contributed by atoms with van der Waals surface area (Å²) in [5.74, 6) is -0.589. The van der Waals surface area contributed by atoms with Gasteiger partial charge in [-0.05, 0) is 12.1 Å². The lowest BCUT2D eigenvalue weighted by atomic mass is 10.2. The van der Waals surface area contributed by atoms with Crippen LogP contribution in [0.2, 0.25) is 0 Å². The fourth-order valence-corrected chi connectivity index (χ4v) is 1.17. The first kappa shape index (κ1) is 5.70. The molecule has 0 saturated carbocycles. The van der Waals surface area contributed by atoms with Crippen molar-refractivity contribution in [1.82, 2.24) is 0 Å². The van der Waals surface area contributed by atoms with Crippen LogP contribution >= 0.6 is 0 Å². The van der Waals surface area contributed by atoms with Crippen molar-refractivity contribution in [3.63, 3.8) is 0 Å². The van der Waals surface area contributed by atoms with Crippen molar-refractivity contribution >= 4 is 11.0 Å². The third-order valence-corrected chi connectivity index (χ3v) is 1.81. The number of benzene rings is 1. The summed E-state index contributed by atoms with van der Waals surface area (Å²) in [6.07, 6.45) is 0. The van der Waals surface area contributed by atoms with Crippen LogP contribution in [0.1, 0.15) is 4.11 Å². The van der Waals surface area contributed by atoms with Gasteiger partial charge in [0, 0.05) is 17.5 Å². The molecule has 0 aliphatic carbocycles. The van der Waals surface area contributed by atoms with Gasteiger partial charge in [-0.25, -0.2) is 4.79 Å². The number of phenolic OH excluding ortho intramolecular Hbond substituents is 1. The average Bonchev–Trinajstić information content (AvgIpc) is 2.17. The van der Waals surface area contributed by atoms with Gasteiger partial charge in [-0.1, -0.05) is 0 Å². The lowest BCUT2D eigenvalue weighted by Gasteiger charge is -2.03. The van der Waals surface area contributed by atoms with E-state index in [1.807, 2.05) is 0 Å². The Morgan fingerprint density at radius 1 is 1.50 bits per heavy atom.